The van der Waals surface area contributed by atoms with Gasteiger partial charge in [0.2, 0.25) is 0 Å². The van der Waals surface area contributed by atoms with Crippen LogP contribution in [-0.2, 0) is 16.1 Å². The number of nitrogens with zero attached hydrogens (tertiary/aromatic N) is 2. The minimum Gasteiger partial charge on any atom is -0.444 e. The highest BCUT2D eigenvalue weighted by molar-refractivity contribution is 7.99. The van der Waals surface area contributed by atoms with E-state index in [2.05, 4.69) is 17.0 Å². The molecule has 2 fully saturated rings. The molecule has 0 aromatic heterocycles. The second-order valence-corrected chi connectivity index (χ2v) is 9.33. The quantitative estimate of drug-likeness (QED) is 0.620. The van der Waals surface area contributed by atoms with Gasteiger partial charge < -0.3 is 9.53 Å². The van der Waals surface area contributed by atoms with Crippen LogP contribution in [0.15, 0.2) is 42.5 Å². The fourth-order valence-electron chi connectivity index (χ4n) is 3.96. The highest BCUT2D eigenvalue weighted by Gasteiger charge is 2.32. The summed E-state index contributed by atoms with van der Waals surface area (Å²) >= 11 is 2.00. The predicted octanol–water partition coefficient (Wildman–Crippen LogP) is 4.74. The first-order valence-electron chi connectivity index (χ1n) is 10.7. The molecule has 4 rings (SSSR count). The fourth-order valence-corrected chi connectivity index (χ4v) is 4.94. The number of Topliss-reactive ketones (excluding diaryl/α,β-unsaturated/α-hetero) is 1. The van der Waals surface area contributed by atoms with E-state index in [0.717, 1.165) is 25.2 Å². The maximum Gasteiger partial charge on any atom is 0.414 e. The van der Waals surface area contributed by atoms with Crippen molar-refractivity contribution in [2.45, 2.75) is 32.4 Å². The summed E-state index contributed by atoms with van der Waals surface area (Å²) in [5, 5.41) is 0. The number of halogens is 1. The van der Waals surface area contributed by atoms with Crippen molar-refractivity contribution < 1.29 is 18.7 Å². The van der Waals surface area contributed by atoms with Gasteiger partial charge in [0.25, 0.3) is 0 Å². The van der Waals surface area contributed by atoms with Crippen LogP contribution in [-0.4, -0.2) is 54.0 Å². The summed E-state index contributed by atoms with van der Waals surface area (Å²) in [5.74, 6) is 2.04. The molecule has 5 nitrogen and oxygen atoms in total. The highest BCUT2D eigenvalue weighted by atomic mass is 32.2. The molecule has 31 heavy (non-hydrogen) atoms. The molecule has 1 amide bonds. The summed E-state index contributed by atoms with van der Waals surface area (Å²) in [5.41, 5.74) is 3.01. The second-order valence-electron chi connectivity index (χ2n) is 8.11. The molecule has 2 aromatic rings. The molecule has 0 radical (unpaired) electrons. The molecule has 0 N–H and O–H groups in total. The monoisotopic (exact) mass is 442 g/mol. The number of carbonyl (C=O) groups excluding carboxylic acids is 2. The van der Waals surface area contributed by atoms with Crippen molar-refractivity contribution in [2.75, 3.05) is 36.0 Å². The minimum absolute atomic E-state index is 0.0610. The zero-order valence-corrected chi connectivity index (χ0v) is 18.5. The molecular weight excluding hydrogens is 415 g/mol. The van der Waals surface area contributed by atoms with E-state index in [1.807, 2.05) is 23.9 Å². The Kier molecular flexibility index (Phi) is 6.92. The lowest BCUT2D eigenvalue weighted by molar-refractivity contribution is -0.117. The van der Waals surface area contributed by atoms with Crippen molar-refractivity contribution in [3.8, 4) is 11.1 Å². The van der Waals surface area contributed by atoms with E-state index in [4.69, 9.17) is 4.74 Å². The molecule has 0 saturated carbocycles. The first-order valence-corrected chi connectivity index (χ1v) is 11.8. The Morgan fingerprint density at radius 3 is 2.58 bits per heavy atom. The first kappa shape index (κ1) is 21.8. The average molecular weight is 443 g/mol. The summed E-state index contributed by atoms with van der Waals surface area (Å²) in [7, 11) is 0. The number of ether oxygens (including phenoxy) is 1. The van der Waals surface area contributed by atoms with Crippen LogP contribution in [0.4, 0.5) is 14.9 Å². The molecule has 0 aliphatic carbocycles. The summed E-state index contributed by atoms with van der Waals surface area (Å²) in [6, 6.07) is 12.8. The Morgan fingerprint density at radius 1 is 1.16 bits per heavy atom. The molecule has 2 aromatic carbocycles. The van der Waals surface area contributed by atoms with Crippen LogP contribution in [0.5, 0.6) is 0 Å². The Labute approximate surface area is 186 Å². The maximum atomic E-state index is 14.9. The number of carbonyl (C=O) groups is 2. The van der Waals surface area contributed by atoms with E-state index in [-0.39, 0.29) is 17.7 Å². The van der Waals surface area contributed by atoms with Gasteiger partial charge in [0.1, 0.15) is 17.7 Å². The Morgan fingerprint density at radius 2 is 1.90 bits per heavy atom. The van der Waals surface area contributed by atoms with Gasteiger partial charge in [-0.1, -0.05) is 24.3 Å². The lowest BCUT2D eigenvalue weighted by Crippen LogP contribution is -2.31. The zero-order chi connectivity index (χ0) is 21.8. The topological polar surface area (TPSA) is 49.9 Å². The van der Waals surface area contributed by atoms with Gasteiger partial charge in [0.05, 0.1) is 12.2 Å². The Bertz CT molecular complexity index is 944. The first-order chi connectivity index (χ1) is 15.0. The van der Waals surface area contributed by atoms with E-state index < -0.39 is 6.09 Å². The van der Waals surface area contributed by atoms with Crippen molar-refractivity contribution >= 4 is 29.3 Å². The van der Waals surface area contributed by atoms with E-state index in [9.17, 15) is 14.0 Å². The van der Waals surface area contributed by atoms with Gasteiger partial charge in [-0.2, -0.15) is 11.8 Å². The normalized spacial score (nSPS) is 19.5. The predicted molar refractivity (Wildman–Crippen MR) is 122 cm³/mol. The van der Waals surface area contributed by atoms with Crippen LogP contribution in [0.1, 0.15) is 25.3 Å². The summed E-state index contributed by atoms with van der Waals surface area (Å²) in [6.07, 6.45) is 0.0124. The van der Waals surface area contributed by atoms with E-state index in [1.165, 1.54) is 35.0 Å². The minimum atomic E-state index is -0.499. The molecule has 0 unspecified atom stereocenters. The number of hydrogen-bond donors (Lipinski definition) is 0. The molecule has 0 bridgehead atoms. The number of anilines is 1. The zero-order valence-electron chi connectivity index (χ0n) is 17.7. The van der Waals surface area contributed by atoms with Crippen molar-refractivity contribution in [3.05, 3.63) is 53.8 Å². The molecule has 164 valence electrons. The van der Waals surface area contributed by atoms with Gasteiger partial charge in [0.15, 0.2) is 0 Å². The number of rotatable bonds is 7. The smallest absolute Gasteiger partial charge is 0.414 e. The third-order valence-electron chi connectivity index (χ3n) is 5.73. The van der Waals surface area contributed by atoms with Crippen molar-refractivity contribution in [1.82, 2.24) is 4.90 Å². The largest absolute Gasteiger partial charge is 0.444 e. The lowest BCUT2D eigenvalue weighted by Gasteiger charge is -2.26. The number of hydrogen-bond acceptors (Lipinski definition) is 5. The molecule has 1 atom stereocenters. The molecule has 7 heteroatoms. The van der Waals surface area contributed by atoms with Gasteiger partial charge in [-0.05, 0) is 42.7 Å². The van der Waals surface area contributed by atoms with Crippen molar-refractivity contribution in [1.29, 1.82) is 0 Å². The van der Waals surface area contributed by atoms with Crippen LogP contribution in [0.25, 0.3) is 11.1 Å². The number of cyclic esters (lactones) is 1. The number of amides is 1. The van der Waals surface area contributed by atoms with Gasteiger partial charge >= 0.3 is 6.09 Å². The SMILES string of the molecule is CC(=O)CC[C@H]1CN(c2ccc(-c3ccc(CN4CCSCC4)cc3)c(F)c2)C(=O)O1. The van der Waals surface area contributed by atoms with Crippen LogP contribution in [0.3, 0.4) is 0 Å². The van der Waals surface area contributed by atoms with Crippen LogP contribution >= 0.6 is 11.8 Å². The number of ketones is 1. The van der Waals surface area contributed by atoms with Crippen LogP contribution in [0.2, 0.25) is 0 Å². The lowest BCUT2D eigenvalue weighted by atomic mass is 10.0. The van der Waals surface area contributed by atoms with Gasteiger partial charge in [0, 0.05) is 43.1 Å². The Hall–Kier alpha value is -2.38. The van der Waals surface area contributed by atoms with Crippen molar-refractivity contribution in [2.24, 2.45) is 0 Å². The van der Waals surface area contributed by atoms with Crippen LogP contribution in [0, 0.1) is 5.82 Å². The number of benzene rings is 2. The van der Waals surface area contributed by atoms with E-state index in [0.29, 0.717) is 30.6 Å². The molecule has 0 spiro atoms. The summed E-state index contributed by atoms with van der Waals surface area (Å²) < 4.78 is 20.2. The molecule has 2 saturated heterocycles. The Balaban J connectivity index is 1.42. The van der Waals surface area contributed by atoms with Gasteiger partial charge in [-0.25, -0.2) is 9.18 Å². The average Bonchev–Trinajstić information content (AvgIpc) is 3.14. The highest BCUT2D eigenvalue weighted by Crippen LogP contribution is 2.30. The van der Waals surface area contributed by atoms with E-state index >= 15 is 0 Å². The third-order valence-corrected chi connectivity index (χ3v) is 6.67. The molecule has 2 aliphatic rings. The fraction of sp³-hybridized carbons (Fsp3) is 0.417. The standard InChI is InChI=1S/C24H27FN2O3S/c1-17(28)2-8-21-16-27(24(29)30-21)20-7-9-22(23(25)14-20)19-5-3-18(4-6-19)15-26-10-12-31-13-11-26/h3-7,9,14,21H,2,8,10-13,15-16H2,1H3/t21-/m0/s1. The van der Waals surface area contributed by atoms with Gasteiger partial charge in [-0.15, -0.1) is 0 Å². The third kappa shape index (κ3) is 5.46. The molecule has 2 heterocycles. The molecular formula is C24H27FN2O3S. The van der Waals surface area contributed by atoms with Gasteiger partial charge in [-0.3, -0.25) is 9.80 Å². The maximum absolute atomic E-state index is 14.9. The second kappa shape index (κ2) is 9.83. The molecule has 2 aliphatic heterocycles. The number of thioether (sulfide) groups is 1. The summed E-state index contributed by atoms with van der Waals surface area (Å²) in [6.45, 7) is 4.98. The van der Waals surface area contributed by atoms with E-state index in [1.54, 1.807) is 12.1 Å². The summed E-state index contributed by atoms with van der Waals surface area (Å²) in [4.78, 5) is 27.2. The van der Waals surface area contributed by atoms with Crippen molar-refractivity contribution in [3.63, 3.8) is 0 Å². The van der Waals surface area contributed by atoms with Crippen LogP contribution < -0.4 is 4.90 Å².